The molecule has 0 bridgehead atoms. The summed E-state index contributed by atoms with van der Waals surface area (Å²) in [6.45, 7) is 3.13. The lowest BCUT2D eigenvalue weighted by molar-refractivity contribution is 0.0746. The summed E-state index contributed by atoms with van der Waals surface area (Å²) < 4.78 is 33.3. The normalized spacial score (nSPS) is 15.2. The van der Waals surface area contributed by atoms with Crippen LogP contribution in [-0.2, 0) is 10.0 Å². The average molecular weight is 705 g/mol. The van der Waals surface area contributed by atoms with E-state index in [1.54, 1.807) is 61.5 Å². The first-order valence-corrected chi connectivity index (χ1v) is 17.7. The molecule has 4 aromatic rings. The second-order valence-electron chi connectivity index (χ2n) is 11.6. The number of benzene rings is 3. The molecular weight excluding hydrogens is 668 g/mol. The number of carbonyl (C=O) groups is 2. The van der Waals surface area contributed by atoms with Gasteiger partial charge in [0.1, 0.15) is 10.8 Å². The zero-order valence-electron chi connectivity index (χ0n) is 27.1. The number of para-hydroxylation sites is 1. The average Bonchev–Trinajstić information content (AvgIpc) is 3.69. The molecule has 13 nitrogen and oxygen atoms in total. The Labute approximate surface area is 290 Å². The Morgan fingerprint density at radius 1 is 0.878 bits per heavy atom. The minimum absolute atomic E-state index is 0.155. The van der Waals surface area contributed by atoms with Crippen LogP contribution in [0.3, 0.4) is 0 Å². The second kappa shape index (κ2) is 14.7. The lowest BCUT2D eigenvalue weighted by atomic mass is 10.1. The molecular formula is C34H37ClN8O5S. The van der Waals surface area contributed by atoms with Crippen molar-refractivity contribution in [2.75, 3.05) is 69.0 Å². The first-order chi connectivity index (χ1) is 23.7. The number of hydrogen-bond donors (Lipinski definition) is 3. The van der Waals surface area contributed by atoms with E-state index in [0.717, 1.165) is 18.5 Å². The zero-order chi connectivity index (χ0) is 34.5. The van der Waals surface area contributed by atoms with E-state index in [4.69, 9.17) is 16.3 Å². The van der Waals surface area contributed by atoms with Crippen LogP contribution >= 0.6 is 11.6 Å². The minimum atomic E-state index is -3.62. The molecule has 2 saturated heterocycles. The third-order valence-corrected chi connectivity index (χ3v) is 10.7. The van der Waals surface area contributed by atoms with Crippen molar-refractivity contribution in [3.63, 3.8) is 0 Å². The zero-order valence-corrected chi connectivity index (χ0v) is 28.7. The third kappa shape index (κ3) is 7.41. The first kappa shape index (κ1) is 34.0. The molecule has 2 fully saturated rings. The summed E-state index contributed by atoms with van der Waals surface area (Å²) in [5.74, 6) is 0.702. The third-order valence-electron chi connectivity index (χ3n) is 8.54. The van der Waals surface area contributed by atoms with E-state index in [2.05, 4.69) is 30.8 Å². The number of piperazine rings is 1. The summed E-state index contributed by atoms with van der Waals surface area (Å²) in [5, 5.41) is 9.21. The molecule has 0 aliphatic carbocycles. The Morgan fingerprint density at radius 2 is 1.63 bits per heavy atom. The van der Waals surface area contributed by atoms with Crippen LogP contribution in [0.2, 0.25) is 5.02 Å². The molecule has 0 unspecified atom stereocenters. The van der Waals surface area contributed by atoms with Gasteiger partial charge in [-0.1, -0.05) is 29.8 Å². The van der Waals surface area contributed by atoms with Crippen molar-refractivity contribution < 1.29 is 22.7 Å². The molecule has 2 amide bonds. The van der Waals surface area contributed by atoms with Crippen LogP contribution in [0.15, 0.2) is 77.8 Å². The number of anilines is 5. The summed E-state index contributed by atoms with van der Waals surface area (Å²) in [6.07, 6.45) is 3.16. The maximum Gasteiger partial charge on any atom is 0.254 e. The van der Waals surface area contributed by atoms with E-state index in [0.29, 0.717) is 73.3 Å². The fourth-order valence-electron chi connectivity index (χ4n) is 5.89. The fourth-order valence-corrected chi connectivity index (χ4v) is 7.59. The van der Waals surface area contributed by atoms with Gasteiger partial charge in [-0.3, -0.25) is 9.59 Å². The molecule has 2 aliphatic heterocycles. The lowest BCUT2D eigenvalue weighted by Crippen LogP contribution is -2.48. The van der Waals surface area contributed by atoms with Crippen molar-refractivity contribution >= 4 is 62.3 Å². The topological polar surface area (TPSA) is 149 Å². The maximum absolute atomic E-state index is 13.4. The molecule has 0 atom stereocenters. The fraction of sp³-hybridized carbons (Fsp3) is 0.294. The van der Waals surface area contributed by atoms with Gasteiger partial charge >= 0.3 is 0 Å². The van der Waals surface area contributed by atoms with Crippen molar-refractivity contribution in [2.24, 2.45) is 0 Å². The summed E-state index contributed by atoms with van der Waals surface area (Å²) in [5.41, 5.74) is 2.89. The number of ether oxygens (including phenoxy) is 1. The number of hydrogen-bond acceptors (Lipinski definition) is 10. The number of rotatable bonds is 10. The molecule has 256 valence electrons. The Morgan fingerprint density at radius 3 is 2.37 bits per heavy atom. The molecule has 0 spiro atoms. The van der Waals surface area contributed by atoms with E-state index in [9.17, 15) is 18.0 Å². The van der Waals surface area contributed by atoms with Crippen molar-refractivity contribution in [1.82, 2.24) is 24.5 Å². The Kier molecular flexibility index (Phi) is 10.2. The molecule has 2 aliphatic rings. The Hall–Kier alpha value is -4.92. The SMILES string of the molecule is CNC(=O)c1ccccc1Nc1nc(Nc2ccc(N3CCN(C(=O)c4cccc(S(=O)(=O)N5CCCC5)c4)CC3)cc2OC)ncc1Cl. The number of nitrogens with zero attached hydrogens (tertiary/aromatic N) is 5. The highest BCUT2D eigenvalue weighted by Crippen LogP contribution is 2.33. The van der Waals surface area contributed by atoms with E-state index in [1.807, 2.05) is 18.2 Å². The van der Waals surface area contributed by atoms with Gasteiger partial charge in [-0.25, -0.2) is 13.4 Å². The van der Waals surface area contributed by atoms with Gasteiger partial charge in [0.2, 0.25) is 16.0 Å². The number of carbonyl (C=O) groups excluding carboxylic acids is 2. The Balaban J connectivity index is 1.11. The smallest absolute Gasteiger partial charge is 0.254 e. The van der Waals surface area contributed by atoms with Gasteiger partial charge in [-0.2, -0.15) is 9.29 Å². The van der Waals surface area contributed by atoms with Gasteiger partial charge in [0.15, 0.2) is 5.82 Å². The number of amides is 2. The van der Waals surface area contributed by atoms with Crippen LogP contribution in [-0.4, -0.2) is 92.8 Å². The number of nitrogens with one attached hydrogen (secondary N) is 3. The molecule has 1 aromatic heterocycles. The van der Waals surface area contributed by atoms with Gasteiger partial charge in [0.25, 0.3) is 11.8 Å². The van der Waals surface area contributed by atoms with E-state index >= 15 is 0 Å². The second-order valence-corrected chi connectivity index (χ2v) is 13.9. The van der Waals surface area contributed by atoms with Crippen molar-refractivity contribution in [3.05, 3.63) is 89.1 Å². The van der Waals surface area contributed by atoms with Gasteiger partial charge in [0.05, 0.1) is 35.1 Å². The number of aromatic nitrogens is 2. The highest BCUT2D eigenvalue weighted by molar-refractivity contribution is 7.89. The summed E-state index contributed by atoms with van der Waals surface area (Å²) in [4.78, 5) is 38.6. The van der Waals surface area contributed by atoms with E-state index in [1.165, 1.54) is 16.6 Å². The van der Waals surface area contributed by atoms with Crippen LogP contribution in [0.4, 0.5) is 28.8 Å². The molecule has 15 heteroatoms. The van der Waals surface area contributed by atoms with Crippen LogP contribution < -0.4 is 25.6 Å². The van der Waals surface area contributed by atoms with Gasteiger partial charge < -0.3 is 30.5 Å². The Bertz CT molecular complexity index is 1960. The molecule has 6 rings (SSSR count). The minimum Gasteiger partial charge on any atom is -0.494 e. The monoisotopic (exact) mass is 704 g/mol. The standard InChI is InChI=1S/C34H37ClN8O5S/c1-36-32(44)26-10-3-4-11-28(26)38-31-27(35)22-37-34(40-31)39-29-13-12-24(21-30(29)48-2)41-16-18-42(19-17-41)33(45)23-8-7-9-25(20-23)49(46,47)43-14-5-6-15-43/h3-4,7-13,20-22H,5-6,14-19H2,1-2H3,(H,36,44)(H2,37,38,39,40). The van der Waals surface area contributed by atoms with Crippen molar-refractivity contribution in [2.45, 2.75) is 17.7 Å². The number of halogens is 1. The van der Waals surface area contributed by atoms with Crippen LogP contribution in [0.1, 0.15) is 33.6 Å². The van der Waals surface area contributed by atoms with Crippen LogP contribution in [0.25, 0.3) is 0 Å². The summed E-state index contributed by atoms with van der Waals surface area (Å²) in [7, 11) is -0.480. The summed E-state index contributed by atoms with van der Waals surface area (Å²) >= 11 is 6.40. The molecule has 0 saturated carbocycles. The lowest BCUT2D eigenvalue weighted by Gasteiger charge is -2.36. The first-order valence-electron chi connectivity index (χ1n) is 15.9. The molecule has 3 N–H and O–H groups in total. The largest absolute Gasteiger partial charge is 0.494 e. The van der Waals surface area contributed by atoms with E-state index < -0.39 is 10.0 Å². The highest BCUT2D eigenvalue weighted by atomic mass is 35.5. The van der Waals surface area contributed by atoms with Crippen LogP contribution in [0.5, 0.6) is 5.75 Å². The number of sulfonamides is 1. The van der Waals surface area contributed by atoms with Gasteiger partial charge in [0, 0.05) is 63.6 Å². The predicted octanol–water partition coefficient (Wildman–Crippen LogP) is 4.73. The predicted molar refractivity (Wildman–Crippen MR) is 189 cm³/mol. The van der Waals surface area contributed by atoms with Gasteiger partial charge in [-0.15, -0.1) is 0 Å². The van der Waals surface area contributed by atoms with Gasteiger partial charge in [-0.05, 0) is 55.3 Å². The summed E-state index contributed by atoms with van der Waals surface area (Å²) in [6, 6.07) is 19.1. The quantitative estimate of drug-likeness (QED) is 0.212. The van der Waals surface area contributed by atoms with Crippen molar-refractivity contribution in [1.29, 1.82) is 0 Å². The highest BCUT2D eigenvalue weighted by Gasteiger charge is 2.29. The maximum atomic E-state index is 13.4. The van der Waals surface area contributed by atoms with Crippen molar-refractivity contribution in [3.8, 4) is 5.75 Å². The van der Waals surface area contributed by atoms with E-state index in [-0.39, 0.29) is 27.7 Å². The molecule has 3 heterocycles. The molecule has 3 aromatic carbocycles. The molecule has 49 heavy (non-hydrogen) atoms. The molecule has 0 radical (unpaired) electrons. The van der Waals surface area contributed by atoms with Crippen LogP contribution in [0, 0.1) is 0 Å². The number of methoxy groups -OCH3 is 1.